The van der Waals surface area contributed by atoms with Gasteiger partial charge < -0.3 is 10.8 Å². The third-order valence-corrected chi connectivity index (χ3v) is 4.08. The average molecular weight is 247 g/mol. The molecule has 0 heterocycles. The van der Waals surface area contributed by atoms with Crippen LogP contribution in [-0.4, -0.2) is 11.1 Å². The van der Waals surface area contributed by atoms with E-state index >= 15 is 0 Å². The zero-order valence-electron chi connectivity index (χ0n) is 11.1. The van der Waals surface area contributed by atoms with Crippen LogP contribution in [0.2, 0.25) is 0 Å². The number of hydrogen-bond acceptors (Lipinski definition) is 2. The van der Waals surface area contributed by atoms with Gasteiger partial charge in [-0.05, 0) is 49.4 Å². The largest absolute Gasteiger partial charge is 0.478 e. The number of benzene rings is 1. The van der Waals surface area contributed by atoms with E-state index in [2.05, 4.69) is 0 Å². The van der Waals surface area contributed by atoms with Crippen molar-refractivity contribution in [2.75, 3.05) is 0 Å². The maximum absolute atomic E-state index is 11.2. The predicted octanol–water partition coefficient (Wildman–Crippen LogP) is 3.12. The van der Waals surface area contributed by atoms with E-state index in [0.717, 1.165) is 42.4 Å². The molecule has 1 aliphatic carbocycles. The summed E-state index contributed by atoms with van der Waals surface area (Å²) in [6.45, 7) is 3.86. The minimum absolute atomic E-state index is 0.333. The third kappa shape index (κ3) is 2.27. The molecule has 3 nitrogen and oxygen atoms in total. The van der Waals surface area contributed by atoms with Gasteiger partial charge in [0.2, 0.25) is 0 Å². The fourth-order valence-corrected chi connectivity index (χ4v) is 3.07. The van der Waals surface area contributed by atoms with Crippen molar-refractivity contribution in [1.29, 1.82) is 0 Å². The molecule has 18 heavy (non-hydrogen) atoms. The first-order valence-electron chi connectivity index (χ1n) is 6.58. The quantitative estimate of drug-likeness (QED) is 0.844. The van der Waals surface area contributed by atoms with Crippen LogP contribution in [0, 0.1) is 13.8 Å². The maximum Gasteiger partial charge on any atom is 0.335 e. The smallest absolute Gasteiger partial charge is 0.335 e. The molecule has 0 unspecified atom stereocenters. The number of carboxylic acids is 1. The summed E-state index contributed by atoms with van der Waals surface area (Å²) in [6.07, 6.45) is 5.40. The van der Waals surface area contributed by atoms with E-state index < -0.39 is 5.97 Å². The number of aromatic carboxylic acids is 1. The number of aryl methyl sites for hydroxylation is 2. The van der Waals surface area contributed by atoms with E-state index in [9.17, 15) is 9.90 Å². The van der Waals surface area contributed by atoms with Gasteiger partial charge in [-0.1, -0.05) is 25.3 Å². The molecule has 3 N–H and O–H groups in total. The Morgan fingerprint density at radius 3 is 2.33 bits per heavy atom. The highest BCUT2D eigenvalue weighted by Gasteiger charge is 2.31. The highest BCUT2D eigenvalue weighted by Crippen LogP contribution is 2.37. The second kappa shape index (κ2) is 4.73. The molecule has 1 aliphatic rings. The molecule has 3 heteroatoms. The second-order valence-corrected chi connectivity index (χ2v) is 5.50. The van der Waals surface area contributed by atoms with Crippen LogP contribution >= 0.6 is 0 Å². The molecule has 98 valence electrons. The van der Waals surface area contributed by atoms with E-state index in [4.69, 9.17) is 5.73 Å². The first kappa shape index (κ1) is 13.1. The van der Waals surface area contributed by atoms with Crippen LogP contribution in [0.25, 0.3) is 0 Å². The Labute approximate surface area is 108 Å². The summed E-state index contributed by atoms with van der Waals surface area (Å²) in [7, 11) is 0. The Morgan fingerprint density at radius 1 is 1.17 bits per heavy atom. The molecule has 2 rings (SSSR count). The summed E-state index contributed by atoms with van der Waals surface area (Å²) in [5.74, 6) is -0.867. The van der Waals surface area contributed by atoms with E-state index in [0.29, 0.717) is 5.56 Å². The molecule has 0 spiro atoms. The van der Waals surface area contributed by atoms with Crippen molar-refractivity contribution >= 4 is 5.97 Å². The van der Waals surface area contributed by atoms with Gasteiger partial charge >= 0.3 is 5.97 Å². The van der Waals surface area contributed by atoms with Crippen molar-refractivity contribution in [3.8, 4) is 0 Å². The van der Waals surface area contributed by atoms with E-state index in [1.165, 1.54) is 6.42 Å². The molecule has 0 amide bonds. The molecule has 0 aliphatic heterocycles. The summed E-state index contributed by atoms with van der Waals surface area (Å²) in [5.41, 5.74) is 9.49. The Balaban J connectivity index is 2.49. The van der Waals surface area contributed by atoms with Gasteiger partial charge in [-0.2, -0.15) is 0 Å². The van der Waals surface area contributed by atoms with Gasteiger partial charge in [0.15, 0.2) is 0 Å². The van der Waals surface area contributed by atoms with Gasteiger partial charge in [0.25, 0.3) is 0 Å². The lowest BCUT2D eigenvalue weighted by Gasteiger charge is -2.35. The number of carbonyl (C=O) groups is 1. The molecule has 0 atom stereocenters. The average Bonchev–Trinajstić information content (AvgIpc) is 2.29. The van der Waals surface area contributed by atoms with Crippen LogP contribution in [0.15, 0.2) is 12.1 Å². The molecule has 1 saturated carbocycles. The number of hydrogen-bond donors (Lipinski definition) is 2. The zero-order valence-corrected chi connectivity index (χ0v) is 11.1. The van der Waals surface area contributed by atoms with Crippen LogP contribution in [0.3, 0.4) is 0 Å². The Morgan fingerprint density at radius 2 is 1.78 bits per heavy atom. The Kier molecular flexibility index (Phi) is 3.44. The van der Waals surface area contributed by atoms with Crippen LogP contribution in [0.4, 0.5) is 0 Å². The summed E-state index contributed by atoms with van der Waals surface area (Å²) in [5, 5.41) is 9.22. The van der Waals surface area contributed by atoms with Crippen LogP contribution in [0.1, 0.15) is 59.2 Å². The minimum Gasteiger partial charge on any atom is -0.478 e. The lowest BCUT2D eigenvalue weighted by atomic mass is 9.75. The van der Waals surface area contributed by atoms with Crippen molar-refractivity contribution in [3.63, 3.8) is 0 Å². The number of nitrogens with two attached hydrogens (primary N) is 1. The molecule has 1 aromatic carbocycles. The van der Waals surface area contributed by atoms with Gasteiger partial charge in [0.1, 0.15) is 0 Å². The highest BCUT2D eigenvalue weighted by atomic mass is 16.4. The normalized spacial score (nSPS) is 18.6. The van der Waals surface area contributed by atoms with Gasteiger partial charge in [0.05, 0.1) is 5.56 Å². The van der Waals surface area contributed by atoms with Gasteiger partial charge in [-0.3, -0.25) is 0 Å². The van der Waals surface area contributed by atoms with Crippen molar-refractivity contribution in [1.82, 2.24) is 0 Å². The monoisotopic (exact) mass is 247 g/mol. The summed E-state index contributed by atoms with van der Waals surface area (Å²) in [4.78, 5) is 11.2. The lowest BCUT2D eigenvalue weighted by molar-refractivity contribution is 0.0696. The van der Waals surface area contributed by atoms with Gasteiger partial charge in [0, 0.05) is 5.54 Å². The molecule has 0 aromatic heterocycles. The fraction of sp³-hybridized carbons (Fsp3) is 0.533. The molecule has 0 bridgehead atoms. The summed E-state index contributed by atoms with van der Waals surface area (Å²) >= 11 is 0. The van der Waals surface area contributed by atoms with Crippen LogP contribution in [-0.2, 0) is 5.54 Å². The Bertz CT molecular complexity index is 474. The van der Waals surface area contributed by atoms with Crippen molar-refractivity contribution in [2.24, 2.45) is 5.73 Å². The van der Waals surface area contributed by atoms with Crippen molar-refractivity contribution in [2.45, 2.75) is 51.5 Å². The zero-order chi connectivity index (χ0) is 13.3. The highest BCUT2D eigenvalue weighted by molar-refractivity contribution is 5.89. The minimum atomic E-state index is -0.867. The Hall–Kier alpha value is -1.35. The standard InChI is InChI=1S/C15H21NO2/c1-10-8-11(2)13(9-12(10)14(17)18)15(16)6-4-3-5-7-15/h8-9H,3-7,16H2,1-2H3,(H,17,18). The fourth-order valence-electron chi connectivity index (χ4n) is 3.07. The van der Waals surface area contributed by atoms with Gasteiger partial charge in [-0.25, -0.2) is 4.79 Å². The SMILES string of the molecule is Cc1cc(C)c(C2(N)CCCCC2)cc1C(=O)O. The van der Waals surface area contributed by atoms with E-state index in [1.54, 1.807) is 6.07 Å². The number of rotatable bonds is 2. The van der Waals surface area contributed by atoms with Crippen LogP contribution < -0.4 is 5.73 Å². The molecule has 0 radical (unpaired) electrons. The summed E-state index contributed by atoms with van der Waals surface area (Å²) < 4.78 is 0. The molecular weight excluding hydrogens is 226 g/mol. The van der Waals surface area contributed by atoms with Crippen molar-refractivity contribution in [3.05, 3.63) is 34.4 Å². The first-order chi connectivity index (χ1) is 8.44. The first-order valence-corrected chi connectivity index (χ1v) is 6.58. The maximum atomic E-state index is 11.2. The third-order valence-electron chi connectivity index (χ3n) is 4.08. The summed E-state index contributed by atoms with van der Waals surface area (Å²) in [6, 6.07) is 3.74. The van der Waals surface area contributed by atoms with Crippen molar-refractivity contribution < 1.29 is 9.90 Å². The molecule has 0 saturated heterocycles. The number of carboxylic acid groups (broad SMARTS) is 1. The van der Waals surface area contributed by atoms with E-state index in [1.807, 2.05) is 19.9 Å². The topological polar surface area (TPSA) is 63.3 Å². The second-order valence-electron chi connectivity index (χ2n) is 5.50. The predicted molar refractivity (Wildman–Crippen MR) is 71.8 cm³/mol. The van der Waals surface area contributed by atoms with E-state index in [-0.39, 0.29) is 5.54 Å². The van der Waals surface area contributed by atoms with Gasteiger partial charge in [-0.15, -0.1) is 0 Å². The lowest BCUT2D eigenvalue weighted by Crippen LogP contribution is -2.39. The van der Waals surface area contributed by atoms with Crippen LogP contribution in [0.5, 0.6) is 0 Å². The molecule has 1 fully saturated rings. The molecule has 1 aromatic rings. The molecular formula is C15H21NO2.